The van der Waals surface area contributed by atoms with Crippen LogP contribution in [-0.2, 0) is 4.74 Å². The molecule has 2 saturated heterocycles. The number of pyridine rings is 1. The molecule has 0 aliphatic carbocycles. The number of anilines is 3. The van der Waals surface area contributed by atoms with Crippen LogP contribution in [0, 0.1) is 0 Å². The summed E-state index contributed by atoms with van der Waals surface area (Å²) in [6, 6.07) is 3.69. The minimum atomic E-state index is 0.0360. The van der Waals surface area contributed by atoms with E-state index in [1.807, 2.05) is 11.9 Å². The number of likely N-dealkylation sites (tertiary alicyclic amines) is 1. The van der Waals surface area contributed by atoms with E-state index < -0.39 is 0 Å². The summed E-state index contributed by atoms with van der Waals surface area (Å²) in [4.78, 5) is 45.3. The lowest BCUT2D eigenvalue weighted by molar-refractivity contribution is 0.0713. The second-order valence-corrected chi connectivity index (χ2v) is 8.56. The van der Waals surface area contributed by atoms with E-state index in [1.165, 1.54) is 0 Å². The first-order valence-electron chi connectivity index (χ1n) is 11.7. The van der Waals surface area contributed by atoms with Gasteiger partial charge >= 0.3 is 0 Å². The van der Waals surface area contributed by atoms with E-state index in [1.54, 1.807) is 36.9 Å². The summed E-state index contributed by atoms with van der Waals surface area (Å²) in [6.45, 7) is 4.00. The topological polar surface area (TPSA) is 139 Å². The maximum Gasteiger partial charge on any atom is 0.253 e. The molecule has 3 aromatic rings. The van der Waals surface area contributed by atoms with Crippen LogP contribution in [-0.4, -0.2) is 93.2 Å². The molecule has 12 heteroatoms. The van der Waals surface area contributed by atoms with Gasteiger partial charge in [0.1, 0.15) is 0 Å². The number of hydrogen-bond donors (Lipinski definition) is 1. The molecule has 0 spiro atoms. The van der Waals surface area contributed by atoms with Gasteiger partial charge in [0.2, 0.25) is 17.8 Å². The summed E-state index contributed by atoms with van der Waals surface area (Å²) < 4.78 is 5.49. The van der Waals surface area contributed by atoms with Crippen molar-refractivity contribution in [3.8, 4) is 11.4 Å². The summed E-state index contributed by atoms with van der Waals surface area (Å²) in [5, 5.41) is 0. The molecule has 0 saturated carbocycles. The number of amides is 1. The van der Waals surface area contributed by atoms with E-state index in [0.29, 0.717) is 68.2 Å². The lowest BCUT2D eigenvalue weighted by Gasteiger charge is -2.37. The molecule has 5 heterocycles. The van der Waals surface area contributed by atoms with Crippen molar-refractivity contribution in [1.82, 2.24) is 34.8 Å². The largest absolute Gasteiger partial charge is 0.378 e. The van der Waals surface area contributed by atoms with E-state index in [-0.39, 0.29) is 17.9 Å². The maximum absolute atomic E-state index is 12.8. The van der Waals surface area contributed by atoms with Gasteiger partial charge in [-0.2, -0.15) is 15.0 Å². The van der Waals surface area contributed by atoms with Crippen LogP contribution >= 0.6 is 0 Å². The Balaban J connectivity index is 1.35. The third-order valence-electron chi connectivity index (χ3n) is 6.38. The normalized spacial score (nSPS) is 16.8. The molecule has 35 heavy (non-hydrogen) atoms. The Labute approximate surface area is 203 Å². The molecule has 2 fully saturated rings. The predicted molar refractivity (Wildman–Crippen MR) is 130 cm³/mol. The van der Waals surface area contributed by atoms with E-state index >= 15 is 0 Å². The third-order valence-corrected chi connectivity index (χ3v) is 6.38. The molecule has 182 valence electrons. The van der Waals surface area contributed by atoms with Crippen LogP contribution in [0.25, 0.3) is 11.4 Å². The van der Waals surface area contributed by atoms with E-state index in [0.717, 1.165) is 12.8 Å². The average molecular weight is 477 g/mol. The fourth-order valence-corrected chi connectivity index (χ4v) is 4.30. The highest BCUT2D eigenvalue weighted by atomic mass is 16.5. The highest BCUT2D eigenvalue weighted by Crippen LogP contribution is 2.25. The molecular weight excluding hydrogens is 448 g/mol. The van der Waals surface area contributed by atoms with Gasteiger partial charge in [0.15, 0.2) is 5.82 Å². The Morgan fingerprint density at radius 3 is 2.40 bits per heavy atom. The summed E-state index contributed by atoms with van der Waals surface area (Å²) in [6.07, 6.45) is 8.15. The number of nitrogen functional groups attached to an aromatic ring is 1. The van der Waals surface area contributed by atoms with E-state index in [4.69, 9.17) is 25.4 Å². The fourth-order valence-electron chi connectivity index (χ4n) is 4.30. The molecule has 12 nitrogen and oxygen atoms in total. The first-order chi connectivity index (χ1) is 17.1. The number of ether oxygens (including phenoxy) is 1. The highest BCUT2D eigenvalue weighted by Gasteiger charge is 2.28. The minimum absolute atomic E-state index is 0.0360. The number of piperidine rings is 1. The monoisotopic (exact) mass is 476 g/mol. The summed E-state index contributed by atoms with van der Waals surface area (Å²) in [5.41, 5.74) is 6.99. The van der Waals surface area contributed by atoms with Crippen molar-refractivity contribution in [2.75, 3.05) is 62.0 Å². The van der Waals surface area contributed by atoms with E-state index in [2.05, 4.69) is 24.8 Å². The number of rotatable bonds is 5. The van der Waals surface area contributed by atoms with Crippen molar-refractivity contribution in [2.24, 2.45) is 0 Å². The summed E-state index contributed by atoms with van der Waals surface area (Å²) in [5.74, 6) is 1.90. The zero-order valence-corrected chi connectivity index (χ0v) is 19.6. The van der Waals surface area contributed by atoms with Crippen LogP contribution in [0.4, 0.5) is 17.8 Å². The van der Waals surface area contributed by atoms with Crippen LogP contribution in [0.5, 0.6) is 0 Å². The predicted octanol–water partition coefficient (Wildman–Crippen LogP) is 0.883. The Bertz CT molecular complexity index is 1150. The molecule has 0 atom stereocenters. The maximum atomic E-state index is 12.8. The molecule has 2 N–H and O–H groups in total. The smallest absolute Gasteiger partial charge is 0.253 e. The lowest BCUT2D eigenvalue weighted by Crippen LogP contribution is -2.46. The molecule has 2 aliphatic heterocycles. The molecule has 0 unspecified atom stereocenters. The van der Waals surface area contributed by atoms with Gasteiger partial charge in [-0.05, 0) is 25.0 Å². The number of carbonyl (C=O) groups is 1. The van der Waals surface area contributed by atoms with Gasteiger partial charge in [0, 0.05) is 69.6 Å². The Morgan fingerprint density at radius 1 is 1.03 bits per heavy atom. The van der Waals surface area contributed by atoms with Gasteiger partial charge in [-0.15, -0.1) is 0 Å². The number of nitrogens with zero attached hydrogens (tertiary/aromatic N) is 9. The quantitative estimate of drug-likeness (QED) is 0.561. The SMILES string of the molecule is CN(c1nc(-c2cnc(N)nc2)nc(N2CCOCC2)n1)C1CCN(C(=O)c2ccncc2)CC1. The highest BCUT2D eigenvalue weighted by molar-refractivity contribution is 5.94. The first-order valence-corrected chi connectivity index (χ1v) is 11.7. The second-order valence-electron chi connectivity index (χ2n) is 8.56. The van der Waals surface area contributed by atoms with Crippen LogP contribution in [0.15, 0.2) is 36.9 Å². The van der Waals surface area contributed by atoms with Crippen molar-refractivity contribution in [3.05, 3.63) is 42.5 Å². The molecule has 1 amide bonds. The summed E-state index contributed by atoms with van der Waals surface area (Å²) >= 11 is 0. The third kappa shape index (κ3) is 5.11. The van der Waals surface area contributed by atoms with Gasteiger partial charge in [-0.1, -0.05) is 0 Å². The van der Waals surface area contributed by atoms with Crippen LogP contribution < -0.4 is 15.5 Å². The Morgan fingerprint density at radius 2 is 1.71 bits per heavy atom. The molecule has 2 aliphatic rings. The number of carbonyl (C=O) groups excluding carboxylic acids is 1. The standard InChI is InChI=1S/C23H28N10O2/c1-31(18-4-8-32(9-5-18)20(34)16-2-6-25-7-3-16)22-28-19(17-14-26-21(24)27-15-17)29-23(30-22)33-10-12-35-13-11-33/h2-3,6-7,14-15,18H,4-5,8-13H2,1H3,(H2,24,26,27). The van der Waals surface area contributed by atoms with Gasteiger partial charge in [0.05, 0.1) is 18.8 Å². The molecule has 3 aromatic heterocycles. The van der Waals surface area contributed by atoms with Gasteiger partial charge in [-0.3, -0.25) is 9.78 Å². The Kier molecular flexibility index (Phi) is 6.62. The average Bonchev–Trinajstić information content (AvgIpc) is 2.93. The van der Waals surface area contributed by atoms with E-state index in [9.17, 15) is 4.79 Å². The number of aromatic nitrogens is 6. The Hall–Kier alpha value is -3.93. The molecular formula is C23H28N10O2. The number of hydrogen-bond acceptors (Lipinski definition) is 11. The van der Waals surface area contributed by atoms with Crippen molar-refractivity contribution < 1.29 is 9.53 Å². The molecule has 0 radical (unpaired) electrons. The van der Waals surface area contributed by atoms with Crippen molar-refractivity contribution in [1.29, 1.82) is 0 Å². The minimum Gasteiger partial charge on any atom is -0.378 e. The van der Waals surface area contributed by atoms with Crippen LogP contribution in [0.3, 0.4) is 0 Å². The second kappa shape index (κ2) is 10.1. The number of morpholine rings is 1. The molecule has 5 rings (SSSR count). The first kappa shape index (κ1) is 22.8. The zero-order chi connectivity index (χ0) is 24.2. The fraction of sp³-hybridized carbons (Fsp3) is 0.435. The summed E-state index contributed by atoms with van der Waals surface area (Å²) in [7, 11) is 1.99. The van der Waals surface area contributed by atoms with Crippen LogP contribution in [0.2, 0.25) is 0 Å². The lowest BCUT2D eigenvalue weighted by atomic mass is 10.0. The van der Waals surface area contributed by atoms with Crippen molar-refractivity contribution >= 4 is 23.8 Å². The van der Waals surface area contributed by atoms with Gasteiger partial charge in [-0.25, -0.2) is 9.97 Å². The number of nitrogens with two attached hydrogens (primary N) is 1. The zero-order valence-electron chi connectivity index (χ0n) is 19.6. The van der Waals surface area contributed by atoms with Crippen LogP contribution in [0.1, 0.15) is 23.2 Å². The van der Waals surface area contributed by atoms with Crippen molar-refractivity contribution in [2.45, 2.75) is 18.9 Å². The van der Waals surface area contributed by atoms with Gasteiger partial charge < -0.3 is 25.2 Å². The molecule has 0 bridgehead atoms. The molecule has 0 aromatic carbocycles. The van der Waals surface area contributed by atoms with Gasteiger partial charge in [0.25, 0.3) is 5.91 Å². The van der Waals surface area contributed by atoms with Crippen molar-refractivity contribution in [3.63, 3.8) is 0 Å².